The SMILES string of the molecule is Cc1ccc(NC(=O)CCN(CCc2ccc(F)cc2)S(C)(=O)=O)cc1. The molecule has 2 aromatic carbocycles. The molecular weight excluding hydrogens is 355 g/mol. The average molecular weight is 378 g/mol. The predicted octanol–water partition coefficient (Wildman–Crippen LogP) is 2.97. The molecule has 26 heavy (non-hydrogen) atoms. The zero-order valence-corrected chi connectivity index (χ0v) is 15.7. The average Bonchev–Trinajstić information content (AvgIpc) is 2.57. The molecule has 5 nitrogen and oxygen atoms in total. The van der Waals surface area contributed by atoms with Crippen LogP contribution in [-0.2, 0) is 21.2 Å². The fraction of sp³-hybridized carbons (Fsp3) is 0.316. The van der Waals surface area contributed by atoms with Crippen LogP contribution >= 0.6 is 0 Å². The van der Waals surface area contributed by atoms with Crippen molar-refractivity contribution < 1.29 is 17.6 Å². The van der Waals surface area contributed by atoms with Gasteiger partial charge in [0.1, 0.15) is 5.82 Å². The van der Waals surface area contributed by atoms with Crippen LogP contribution in [0.3, 0.4) is 0 Å². The second-order valence-corrected chi connectivity index (χ2v) is 8.19. The molecule has 0 heterocycles. The lowest BCUT2D eigenvalue weighted by molar-refractivity contribution is -0.116. The summed E-state index contributed by atoms with van der Waals surface area (Å²) in [6, 6.07) is 13.3. The summed E-state index contributed by atoms with van der Waals surface area (Å²) in [5, 5.41) is 2.75. The number of nitrogens with zero attached hydrogens (tertiary/aromatic N) is 1. The first-order valence-corrected chi connectivity index (χ1v) is 10.1. The van der Waals surface area contributed by atoms with E-state index in [9.17, 15) is 17.6 Å². The van der Waals surface area contributed by atoms with E-state index in [1.165, 1.54) is 16.4 Å². The standard InChI is InChI=1S/C19H23FN2O3S/c1-15-3-9-18(10-4-15)21-19(23)12-14-22(26(2,24)25)13-11-16-5-7-17(20)8-6-16/h3-10H,11-14H2,1-2H3,(H,21,23). The summed E-state index contributed by atoms with van der Waals surface area (Å²) in [7, 11) is -3.44. The van der Waals surface area contributed by atoms with Gasteiger partial charge in [-0.05, 0) is 43.2 Å². The first kappa shape index (κ1) is 20.1. The quantitative estimate of drug-likeness (QED) is 0.768. The molecule has 0 unspecified atom stereocenters. The Balaban J connectivity index is 1.89. The lowest BCUT2D eigenvalue weighted by Crippen LogP contribution is -2.34. The maximum absolute atomic E-state index is 12.9. The van der Waals surface area contributed by atoms with E-state index in [-0.39, 0.29) is 31.2 Å². The van der Waals surface area contributed by atoms with Crippen LogP contribution in [-0.4, -0.2) is 38.0 Å². The van der Waals surface area contributed by atoms with Crippen LogP contribution in [0, 0.1) is 12.7 Å². The lowest BCUT2D eigenvalue weighted by atomic mass is 10.1. The van der Waals surface area contributed by atoms with Gasteiger partial charge in [0.25, 0.3) is 0 Å². The van der Waals surface area contributed by atoms with E-state index in [2.05, 4.69) is 5.32 Å². The van der Waals surface area contributed by atoms with Crippen LogP contribution in [0.2, 0.25) is 0 Å². The van der Waals surface area contributed by atoms with Crippen molar-refractivity contribution in [2.45, 2.75) is 19.8 Å². The number of aryl methyl sites for hydroxylation is 1. The number of halogens is 1. The maximum Gasteiger partial charge on any atom is 0.225 e. The van der Waals surface area contributed by atoms with Gasteiger partial charge in [-0.25, -0.2) is 17.1 Å². The van der Waals surface area contributed by atoms with Crippen LogP contribution in [0.25, 0.3) is 0 Å². The Bertz CT molecular complexity index is 834. The Morgan fingerprint density at radius 3 is 2.23 bits per heavy atom. The predicted molar refractivity (Wildman–Crippen MR) is 101 cm³/mol. The van der Waals surface area contributed by atoms with Crippen LogP contribution in [0.5, 0.6) is 0 Å². The third-order valence-electron chi connectivity index (χ3n) is 3.96. The summed E-state index contributed by atoms with van der Waals surface area (Å²) in [6.45, 7) is 2.29. The molecule has 0 saturated heterocycles. The Kier molecular flexibility index (Phi) is 6.88. The van der Waals surface area contributed by atoms with E-state index in [0.717, 1.165) is 17.4 Å². The number of anilines is 1. The van der Waals surface area contributed by atoms with Gasteiger partial charge in [-0.2, -0.15) is 0 Å². The summed E-state index contributed by atoms with van der Waals surface area (Å²) in [4.78, 5) is 12.1. The molecule has 0 saturated carbocycles. The number of carbonyl (C=O) groups excluding carboxylic acids is 1. The second-order valence-electron chi connectivity index (χ2n) is 6.20. The molecule has 0 radical (unpaired) electrons. The molecule has 0 atom stereocenters. The number of hydrogen-bond donors (Lipinski definition) is 1. The highest BCUT2D eigenvalue weighted by Gasteiger charge is 2.17. The van der Waals surface area contributed by atoms with Crippen LogP contribution in [0.4, 0.5) is 10.1 Å². The van der Waals surface area contributed by atoms with Crippen molar-refractivity contribution >= 4 is 21.6 Å². The topological polar surface area (TPSA) is 66.5 Å². The van der Waals surface area contributed by atoms with Crippen molar-refractivity contribution in [3.63, 3.8) is 0 Å². The van der Waals surface area contributed by atoms with Gasteiger partial charge < -0.3 is 5.32 Å². The number of nitrogens with one attached hydrogen (secondary N) is 1. The van der Waals surface area contributed by atoms with Gasteiger partial charge in [-0.15, -0.1) is 0 Å². The number of hydrogen-bond acceptors (Lipinski definition) is 3. The summed E-state index contributed by atoms with van der Waals surface area (Å²) in [5.74, 6) is -0.578. The minimum atomic E-state index is -3.44. The molecule has 7 heteroatoms. The zero-order chi connectivity index (χ0) is 19.2. The smallest absolute Gasteiger partial charge is 0.225 e. The number of rotatable bonds is 8. The van der Waals surface area contributed by atoms with Gasteiger partial charge in [-0.1, -0.05) is 29.8 Å². The maximum atomic E-state index is 12.9. The summed E-state index contributed by atoms with van der Waals surface area (Å²) in [6.07, 6.45) is 1.63. The first-order valence-electron chi connectivity index (χ1n) is 8.30. The molecule has 1 N–H and O–H groups in total. The fourth-order valence-electron chi connectivity index (χ4n) is 2.43. The van der Waals surface area contributed by atoms with Crippen molar-refractivity contribution in [1.82, 2.24) is 4.31 Å². The first-order chi connectivity index (χ1) is 12.2. The summed E-state index contributed by atoms with van der Waals surface area (Å²) >= 11 is 0. The fourth-order valence-corrected chi connectivity index (χ4v) is 3.28. The van der Waals surface area contributed by atoms with Gasteiger partial charge in [0.2, 0.25) is 15.9 Å². The molecule has 2 rings (SSSR count). The molecule has 0 spiro atoms. The molecule has 0 aliphatic carbocycles. The number of amides is 1. The minimum Gasteiger partial charge on any atom is -0.326 e. The highest BCUT2D eigenvalue weighted by atomic mass is 32.2. The van der Waals surface area contributed by atoms with Gasteiger partial charge in [0.05, 0.1) is 6.26 Å². The minimum absolute atomic E-state index is 0.0599. The molecule has 0 aromatic heterocycles. The van der Waals surface area contributed by atoms with E-state index in [0.29, 0.717) is 12.1 Å². The van der Waals surface area contributed by atoms with Crippen LogP contribution in [0.15, 0.2) is 48.5 Å². The Labute approximate surface area is 153 Å². The van der Waals surface area contributed by atoms with Gasteiger partial charge in [0.15, 0.2) is 0 Å². The second kappa shape index (κ2) is 8.91. The number of carbonyl (C=O) groups is 1. The molecule has 0 bridgehead atoms. The van der Waals surface area contributed by atoms with Gasteiger partial charge in [-0.3, -0.25) is 4.79 Å². The highest BCUT2D eigenvalue weighted by molar-refractivity contribution is 7.88. The van der Waals surface area contributed by atoms with Crippen molar-refractivity contribution in [3.05, 3.63) is 65.5 Å². The number of sulfonamides is 1. The molecule has 0 aliphatic rings. The normalized spacial score (nSPS) is 11.5. The van der Waals surface area contributed by atoms with Crippen molar-refractivity contribution in [2.75, 3.05) is 24.7 Å². The third-order valence-corrected chi connectivity index (χ3v) is 5.26. The van der Waals surface area contributed by atoms with E-state index in [1.54, 1.807) is 24.3 Å². The molecule has 1 amide bonds. The summed E-state index contributed by atoms with van der Waals surface area (Å²) < 4.78 is 38.1. The molecule has 0 fully saturated rings. The highest BCUT2D eigenvalue weighted by Crippen LogP contribution is 2.10. The molecule has 0 aliphatic heterocycles. The Morgan fingerprint density at radius 1 is 1.04 bits per heavy atom. The number of benzene rings is 2. The van der Waals surface area contributed by atoms with E-state index in [1.807, 2.05) is 19.1 Å². The summed E-state index contributed by atoms with van der Waals surface area (Å²) in [5.41, 5.74) is 2.61. The van der Waals surface area contributed by atoms with E-state index < -0.39 is 10.0 Å². The third kappa shape index (κ3) is 6.57. The van der Waals surface area contributed by atoms with Crippen LogP contribution < -0.4 is 5.32 Å². The molecule has 140 valence electrons. The zero-order valence-electron chi connectivity index (χ0n) is 14.9. The monoisotopic (exact) mass is 378 g/mol. The Hall–Kier alpha value is -2.25. The van der Waals surface area contributed by atoms with Gasteiger partial charge in [0, 0.05) is 25.2 Å². The Morgan fingerprint density at radius 2 is 1.65 bits per heavy atom. The van der Waals surface area contributed by atoms with Crippen molar-refractivity contribution in [2.24, 2.45) is 0 Å². The molecule has 2 aromatic rings. The lowest BCUT2D eigenvalue weighted by Gasteiger charge is -2.19. The largest absolute Gasteiger partial charge is 0.326 e. The van der Waals surface area contributed by atoms with Crippen molar-refractivity contribution in [1.29, 1.82) is 0 Å². The van der Waals surface area contributed by atoms with Crippen molar-refractivity contribution in [3.8, 4) is 0 Å². The molecular formula is C19H23FN2O3S. The van der Waals surface area contributed by atoms with Crippen LogP contribution in [0.1, 0.15) is 17.5 Å². The van der Waals surface area contributed by atoms with E-state index >= 15 is 0 Å². The van der Waals surface area contributed by atoms with E-state index in [4.69, 9.17) is 0 Å². The van der Waals surface area contributed by atoms with Gasteiger partial charge >= 0.3 is 0 Å².